The van der Waals surface area contributed by atoms with Crippen LogP contribution >= 0.6 is 15.9 Å². The topological polar surface area (TPSA) is 40.6 Å². The highest BCUT2D eigenvalue weighted by molar-refractivity contribution is 9.10. The number of hydrogen-bond donors (Lipinski definition) is 0. The highest BCUT2D eigenvalue weighted by Gasteiger charge is 2.24. The van der Waals surface area contributed by atoms with Gasteiger partial charge in [-0.25, -0.2) is 0 Å². The van der Waals surface area contributed by atoms with Crippen LogP contribution in [-0.2, 0) is 16.0 Å². The van der Waals surface area contributed by atoms with Crippen LogP contribution in [0.5, 0.6) is 0 Å². The third kappa shape index (κ3) is 3.10. The van der Waals surface area contributed by atoms with Crippen molar-refractivity contribution in [1.82, 2.24) is 9.80 Å². The van der Waals surface area contributed by atoms with Crippen LogP contribution in [-0.4, -0.2) is 48.3 Å². The lowest BCUT2D eigenvalue weighted by Gasteiger charge is -2.32. The average Bonchev–Trinajstić information content (AvgIpc) is 2.35. The van der Waals surface area contributed by atoms with E-state index in [1.807, 2.05) is 24.3 Å². The van der Waals surface area contributed by atoms with E-state index in [1.165, 1.54) is 0 Å². The first kappa shape index (κ1) is 13.1. The molecule has 1 aromatic carbocycles. The normalized spacial score (nSPS) is 16.0. The first-order chi connectivity index (χ1) is 8.56. The second-order valence-corrected chi connectivity index (χ2v) is 5.35. The minimum absolute atomic E-state index is 0.00501. The van der Waals surface area contributed by atoms with E-state index < -0.39 is 0 Å². The van der Waals surface area contributed by atoms with Crippen molar-refractivity contribution in [1.29, 1.82) is 0 Å². The maximum Gasteiger partial charge on any atom is 0.241 e. The fraction of sp³-hybridized carbons (Fsp3) is 0.385. The van der Waals surface area contributed by atoms with E-state index in [2.05, 4.69) is 15.9 Å². The van der Waals surface area contributed by atoms with Crippen molar-refractivity contribution in [2.45, 2.75) is 6.42 Å². The molecule has 1 fully saturated rings. The zero-order chi connectivity index (χ0) is 13.1. The van der Waals surface area contributed by atoms with E-state index in [-0.39, 0.29) is 18.4 Å². The molecular weight excluding hydrogens is 296 g/mol. The van der Waals surface area contributed by atoms with Crippen molar-refractivity contribution in [3.05, 3.63) is 34.3 Å². The fourth-order valence-electron chi connectivity index (χ4n) is 1.86. The standard InChI is InChI=1S/C13H15BrN2O2/c1-15-6-7-16(9-13(15)18)12(17)8-10-2-4-11(14)5-3-10/h2-5H,6-9H2,1H3. The van der Waals surface area contributed by atoms with Crippen LogP contribution in [0.15, 0.2) is 28.7 Å². The lowest BCUT2D eigenvalue weighted by atomic mass is 10.1. The summed E-state index contributed by atoms with van der Waals surface area (Å²) < 4.78 is 0.994. The van der Waals surface area contributed by atoms with Gasteiger partial charge in [0.15, 0.2) is 0 Å². The summed E-state index contributed by atoms with van der Waals surface area (Å²) in [6, 6.07) is 7.66. The smallest absolute Gasteiger partial charge is 0.241 e. The van der Waals surface area contributed by atoms with Crippen molar-refractivity contribution in [3.63, 3.8) is 0 Å². The first-order valence-electron chi connectivity index (χ1n) is 5.82. The number of benzene rings is 1. The Labute approximate surface area is 115 Å². The van der Waals surface area contributed by atoms with Gasteiger partial charge in [-0.3, -0.25) is 9.59 Å². The van der Waals surface area contributed by atoms with Gasteiger partial charge >= 0.3 is 0 Å². The average molecular weight is 311 g/mol. The number of nitrogens with zero attached hydrogens (tertiary/aromatic N) is 2. The molecule has 1 aliphatic heterocycles. The predicted molar refractivity (Wildman–Crippen MR) is 72.1 cm³/mol. The minimum atomic E-state index is 0.00501. The molecule has 0 bridgehead atoms. The van der Waals surface area contributed by atoms with E-state index in [1.54, 1.807) is 16.8 Å². The SMILES string of the molecule is CN1CCN(C(=O)Cc2ccc(Br)cc2)CC1=O. The molecule has 1 saturated heterocycles. The van der Waals surface area contributed by atoms with Crippen LogP contribution in [0.25, 0.3) is 0 Å². The van der Waals surface area contributed by atoms with Crippen LogP contribution in [0.4, 0.5) is 0 Å². The van der Waals surface area contributed by atoms with Gasteiger partial charge in [-0.1, -0.05) is 28.1 Å². The molecule has 0 aliphatic carbocycles. The molecule has 0 unspecified atom stereocenters. The van der Waals surface area contributed by atoms with Gasteiger partial charge in [0.1, 0.15) is 0 Å². The highest BCUT2D eigenvalue weighted by Crippen LogP contribution is 2.12. The van der Waals surface area contributed by atoms with Crippen LogP contribution in [0.1, 0.15) is 5.56 Å². The van der Waals surface area contributed by atoms with Crippen molar-refractivity contribution < 1.29 is 9.59 Å². The summed E-state index contributed by atoms with van der Waals surface area (Å²) in [6.45, 7) is 1.44. The minimum Gasteiger partial charge on any atom is -0.342 e. The number of likely N-dealkylation sites (N-methyl/N-ethyl adjacent to an activating group) is 1. The van der Waals surface area contributed by atoms with Gasteiger partial charge in [-0.2, -0.15) is 0 Å². The summed E-state index contributed by atoms with van der Waals surface area (Å²) >= 11 is 3.36. The number of hydrogen-bond acceptors (Lipinski definition) is 2. The Morgan fingerprint density at radius 1 is 1.28 bits per heavy atom. The van der Waals surface area contributed by atoms with E-state index in [9.17, 15) is 9.59 Å². The Bertz CT molecular complexity index is 459. The van der Waals surface area contributed by atoms with Gasteiger partial charge in [0.25, 0.3) is 0 Å². The molecular formula is C13H15BrN2O2. The quantitative estimate of drug-likeness (QED) is 0.826. The summed E-state index contributed by atoms with van der Waals surface area (Å²) in [4.78, 5) is 26.9. The molecule has 0 saturated carbocycles. The summed E-state index contributed by atoms with van der Waals surface area (Å²) in [6.07, 6.45) is 0.351. The monoisotopic (exact) mass is 310 g/mol. The Balaban J connectivity index is 1.96. The molecule has 5 heteroatoms. The van der Waals surface area contributed by atoms with Gasteiger partial charge < -0.3 is 9.80 Å². The molecule has 18 heavy (non-hydrogen) atoms. The largest absolute Gasteiger partial charge is 0.342 e. The van der Waals surface area contributed by atoms with Gasteiger partial charge in [0.2, 0.25) is 11.8 Å². The molecule has 2 rings (SSSR count). The highest BCUT2D eigenvalue weighted by atomic mass is 79.9. The van der Waals surface area contributed by atoms with Crippen LogP contribution in [0.3, 0.4) is 0 Å². The molecule has 0 atom stereocenters. The van der Waals surface area contributed by atoms with E-state index in [0.717, 1.165) is 10.0 Å². The third-order valence-corrected chi connectivity index (χ3v) is 3.61. The van der Waals surface area contributed by atoms with Crippen molar-refractivity contribution in [2.75, 3.05) is 26.7 Å². The van der Waals surface area contributed by atoms with Crippen molar-refractivity contribution in [2.24, 2.45) is 0 Å². The lowest BCUT2D eigenvalue weighted by Crippen LogP contribution is -2.51. The lowest BCUT2D eigenvalue weighted by molar-refractivity contribution is -0.143. The molecule has 1 aliphatic rings. The van der Waals surface area contributed by atoms with Gasteiger partial charge in [0.05, 0.1) is 13.0 Å². The molecule has 1 aromatic rings. The van der Waals surface area contributed by atoms with E-state index in [4.69, 9.17) is 0 Å². The molecule has 0 N–H and O–H groups in total. The molecule has 0 aromatic heterocycles. The van der Waals surface area contributed by atoms with E-state index in [0.29, 0.717) is 19.5 Å². The number of amides is 2. The molecule has 4 nitrogen and oxygen atoms in total. The van der Waals surface area contributed by atoms with Crippen molar-refractivity contribution >= 4 is 27.7 Å². The Morgan fingerprint density at radius 2 is 1.94 bits per heavy atom. The summed E-state index contributed by atoms with van der Waals surface area (Å²) in [5.74, 6) is 0.0178. The summed E-state index contributed by atoms with van der Waals surface area (Å²) in [5.41, 5.74) is 0.967. The van der Waals surface area contributed by atoms with Crippen molar-refractivity contribution in [3.8, 4) is 0 Å². The van der Waals surface area contributed by atoms with Gasteiger partial charge in [0, 0.05) is 24.6 Å². The van der Waals surface area contributed by atoms with Gasteiger partial charge in [-0.05, 0) is 17.7 Å². The molecule has 2 amide bonds. The number of rotatable bonds is 2. The van der Waals surface area contributed by atoms with Crippen LogP contribution in [0, 0.1) is 0 Å². The Morgan fingerprint density at radius 3 is 2.56 bits per heavy atom. The van der Waals surface area contributed by atoms with Crippen LogP contribution in [0.2, 0.25) is 0 Å². The Hall–Kier alpha value is -1.36. The molecule has 0 radical (unpaired) electrons. The maximum atomic E-state index is 12.0. The molecule has 0 spiro atoms. The zero-order valence-electron chi connectivity index (χ0n) is 10.2. The number of carbonyl (C=O) groups excluding carboxylic acids is 2. The van der Waals surface area contributed by atoms with Gasteiger partial charge in [-0.15, -0.1) is 0 Å². The number of piperazine rings is 1. The third-order valence-electron chi connectivity index (χ3n) is 3.08. The summed E-state index contributed by atoms with van der Waals surface area (Å²) in [5, 5.41) is 0. The maximum absolute atomic E-state index is 12.0. The van der Waals surface area contributed by atoms with E-state index >= 15 is 0 Å². The fourth-order valence-corrected chi connectivity index (χ4v) is 2.12. The molecule has 1 heterocycles. The second kappa shape index (κ2) is 5.52. The van der Waals surface area contributed by atoms with Crippen LogP contribution < -0.4 is 0 Å². The zero-order valence-corrected chi connectivity index (χ0v) is 11.8. The Kier molecular flexibility index (Phi) is 4.01. The second-order valence-electron chi connectivity index (χ2n) is 4.43. The first-order valence-corrected chi connectivity index (χ1v) is 6.62. The predicted octanol–water partition coefficient (Wildman–Crippen LogP) is 1.29. The summed E-state index contributed by atoms with van der Waals surface area (Å²) in [7, 11) is 1.76. The molecule has 96 valence electrons. The number of halogens is 1. The number of carbonyl (C=O) groups is 2.